The third-order valence-electron chi connectivity index (χ3n) is 6.58. The van der Waals surface area contributed by atoms with Crippen molar-refractivity contribution in [1.82, 2.24) is 4.98 Å². The van der Waals surface area contributed by atoms with Crippen LogP contribution in [0.5, 0.6) is 0 Å². The van der Waals surface area contributed by atoms with Crippen molar-refractivity contribution in [2.75, 3.05) is 23.3 Å². The van der Waals surface area contributed by atoms with Crippen LogP contribution in [0.1, 0.15) is 54.9 Å². The molecule has 1 amide bonds. The molecule has 5 rings (SSSR count). The zero-order valence-electron chi connectivity index (χ0n) is 20.4. The number of fused-ring (bicyclic) bond motifs is 1. The number of nitro benzene ring substituents is 1. The van der Waals surface area contributed by atoms with Gasteiger partial charge in [0.25, 0.3) is 11.6 Å². The van der Waals surface area contributed by atoms with E-state index in [1.54, 1.807) is 30.3 Å². The van der Waals surface area contributed by atoms with Gasteiger partial charge < -0.3 is 14.6 Å². The smallest absolute Gasteiger partial charge is 0.293 e. The van der Waals surface area contributed by atoms with E-state index in [9.17, 15) is 14.9 Å². The zero-order valence-corrected chi connectivity index (χ0v) is 20.4. The van der Waals surface area contributed by atoms with E-state index in [0.29, 0.717) is 28.8 Å². The van der Waals surface area contributed by atoms with Gasteiger partial charge in [0, 0.05) is 36.0 Å². The predicted octanol–water partition coefficient (Wildman–Crippen LogP) is 6.77. The number of nitro groups is 1. The maximum Gasteiger partial charge on any atom is 0.293 e. The van der Waals surface area contributed by atoms with Crippen LogP contribution >= 0.6 is 0 Å². The molecule has 1 aromatic heterocycles. The highest BCUT2D eigenvalue weighted by molar-refractivity contribution is 6.05. The lowest BCUT2D eigenvalue weighted by molar-refractivity contribution is -0.384. The Bertz CT molecular complexity index is 1440. The lowest BCUT2D eigenvalue weighted by Crippen LogP contribution is -2.30. The Labute approximate surface area is 209 Å². The van der Waals surface area contributed by atoms with Crippen molar-refractivity contribution in [2.24, 2.45) is 0 Å². The van der Waals surface area contributed by atoms with E-state index >= 15 is 0 Å². The van der Waals surface area contributed by atoms with Crippen LogP contribution in [0.2, 0.25) is 0 Å². The van der Waals surface area contributed by atoms with Gasteiger partial charge in [0.05, 0.1) is 4.92 Å². The van der Waals surface area contributed by atoms with Gasteiger partial charge in [-0.05, 0) is 73.2 Å². The van der Waals surface area contributed by atoms with Crippen LogP contribution < -0.4 is 10.2 Å². The van der Waals surface area contributed by atoms with Crippen LogP contribution in [0.15, 0.2) is 65.1 Å². The van der Waals surface area contributed by atoms with Gasteiger partial charge in [-0.3, -0.25) is 14.9 Å². The van der Waals surface area contributed by atoms with Crippen LogP contribution in [0.25, 0.3) is 22.6 Å². The molecule has 0 bridgehead atoms. The van der Waals surface area contributed by atoms with Gasteiger partial charge in [-0.1, -0.05) is 26.0 Å². The largest absolute Gasteiger partial charge is 0.436 e. The molecule has 0 unspecified atom stereocenters. The van der Waals surface area contributed by atoms with Gasteiger partial charge in [0.15, 0.2) is 5.58 Å². The average Bonchev–Trinajstić information content (AvgIpc) is 3.32. The highest BCUT2D eigenvalue weighted by Crippen LogP contribution is 2.32. The molecule has 8 heteroatoms. The Morgan fingerprint density at radius 1 is 1.06 bits per heavy atom. The molecule has 1 aliphatic rings. The summed E-state index contributed by atoms with van der Waals surface area (Å²) in [6.07, 6.45) is 3.15. The first kappa shape index (κ1) is 23.5. The van der Waals surface area contributed by atoms with Gasteiger partial charge in [0.1, 0.15) is 11.2 Å². The Morgan fingerprint density at radius 3 is 2.61 bits per heavy atom. The normalized spacial score (nSPS) is 13.8. The van der Waals surface area contributed by atoms with E-state index in [1.807, 2.05) is 29.2 Å². The molecule has 36 heavy (non-hydrogen) atoms. The third-order valence-corrected chi connectivity index (χ3v) is 6.58. The maximum atomic E-state index is 13.0. The highest BCUT2D eigenvalue weighted by atomic mass is 16.6. The van der Waals surface area contributed by atoms with Crippen molar-refractivity contribution in [1.29, 1.82) is 0 Å². The molecule has 1 fully saturated rings. The SMILES string of the molecule is CC(C)c1ccc2oc(-c3cccc(NC(=O)c4ccc(N5CCCCC5)c([N+](=O)[O-])c4)c3)nc2c1. The minimum absolute atomic E-state index is 0.0504. The van der Waals surface area contributed by atoms with Crippen LogP contribution in [0.3, 0.4) is 0 Å². The minimum Gasteiger partial charge on any atom is -0.436 e. The molecule has 184 valence electrons. The molecule has 1 N–H and O–H groups in total. The second-order valence-corrected chi connectivity index (χ2v) is 9.44. The van der Waals surface area contributed by atoms with Gasteiger partial charge >= 0.3 is 0 Å². The Kier molecular flexibility index (Phi) is 6.41. The van der Waals surface area contributed by atoms with Crippen LogP contribution in [-0.4, -0.2) is 28.9 Å². The number of hydrogen-bond donors (Lipinski definition) is 1. The Hall–Kier alpha value is -4.20. The van der Waals surface area contributed by atoms with E-state index in [0.717, 1.165) is 43.4 Å². The quantitative estimate of drug-likeness (QED) is 0.239. The summed E-state index contributed by atoms with van der Waals surface area (Å²) in [5.41, 5.74) is 4.68. The number of piperidine rings is 1. The molecular weight excluding hydrogens is 456 g/mol. The van der Waals surface area contributed by atoms with E-state index in [2.05, 4.69) is 24.1 Å². The summed E-state index contributed by atoms with van der Waals surface area (Å²) in [5.74, 6) is 0.431. The fourth-order valence-electron chi connectivity index (χ4n) is 4.57. The van der Waals surface area contributed by atoms with E-state index < -0.39 is 10.8 Å². The number of nitrogens with zero attached hydrogens (tertiary/aromatic N) is 3. The molecule has 0 aliphatic carbocycles. The highest BCUT2D eigenvalue weighted by Gasteiger charge is 2.23. The first-order chi connectivity index (χ1) is 17.4. The molecule has 2 heterocycles. The maximum absolute atomic E-state index is 13.0. The standard InChI is InChI=1S/C28H28N4O4/c1-18(2)19-10-12-26-23(16-19)30-28(36-26)21-7-6-8-22(15-21)29-27(33)20-9-11-24(25(17-20)32(34)35)31-13-4-3-5-14-31/h6-12,15-18H,3-5,13-14H2,1-2H3,(H,29,33). The number of benzene rings is 3. The number of amides is 1. The number of carbonyl (C=O) groups is 1. The number of hydrogen-bond acceptors (Lipinski definition) is 6. The number of nitrogens with one attached hydrogen (secondary N) is 1. The van der Waals surface area contributed by atoms with E-state index in [4.69, 9.17) is 4.42 Å². The van der Waals surface area contributed by atoms with Crippen LogP contribution in [-0.2, 0) is 0 Å². The zero-order chi connectivity index (χ0) is 25.2. The van der Waals surface area contributed by atoms with Crippen molar-refractivity contribution in [3.8, 4) is 11.5 Å². The number of anilines is 2. The number of carbonyl (C=O) groups excluding carboxylic acids is 1. The molecule has 3 aromatic carbocycles. The Balaban J connectivity index is 1.38. The molecular formula is C28H28N4O4. The summed E-state index contributed by atoms with van der Waals surface area (Å²) in [5, 5.41) is 14.6. The number of aromatic nitrogens is 1. The van der Waals surface area contributed by atoms with Crippen molar-refractivity contribution in [3.63, 3.8) is 0 Å². The third kappa shape index (κ3) is 4.79. The summed E-state index contributed by atoms with van der Waals surface area (Å²) in [7, 11) is 0. The molecule has 0 radical (unpaired) electrons. The lowest BCUT2D eigenvalue weighted by Gasteiger charge is -2.28. The van der Waals surface area contributed by atoms with Gasteiger partial charge in [-0.2, -0.15) is 0 Å². The first-order valence-corrected chi connectivity index (χ1v) is 12.2. The topological polar surface area (TPSA) is 102 Å². The van der Waals surface area contributed by atoms with E-state index in [1.165, 1.54) is 11.6 Å². The monoisotopic (exact) mass is 484 g/mol. The minimum atomic E-state index is -0.417. The molecule has 8 nitrogen and oxygen atoms in total. The summed E-state index contributed by atoms with van der Waals surface area (Å²) in [4.78, 5) is 31.0. The van der Waals surface area contributed by atoms with Crippen molar-refractivity contribution >= 4 is 34.1 Å². The fraction of sp³-hybridized carbons (Fsp3) is 0.286. The molecule has 0 saturated carbocycles. The molecule has 1 saturated heterocycles. The second kappa shape index (κ2) is 9.81. The summed E-state index contributed by atoms with van der Waals surface area (Å²) < 4.78 is 5.94. The Morgan fingerprint density at radius 2 is 1.86 bits per heavy atom. The molecule has 0 atom stereocenters. The summed E-state index contributed by atoms with van der Waals surface area (Å²) >= 11 is 0. The summed E-state index contributed by atoms with van der Waals surface area (Å²) in [6, 6.07) is 17.9. The second-order valence-electron chi connectivity index (χ2n) is 9.44. The fourth-order valence-corrected chi connectivity index (χ4v) is 4.57. The predicted molar refractivity (Wildman–Crippen MR) is 141 cm³/mol. The first-order valence-electron chi connectivity index (χ1n) is 12.2. The van der Waals surface area contributed by atoms with Crippen molar-refractivity contribution < 1.29 is 14.1 Å². The van der Waals surface area contributed by atoms with Crippen molar-refractivity contribution in [3.05, 3.63) is 81.9 Å². The number of rotatable bonds is 6. The van der Waals surface area contributed by atoms with Crippen LogP contribution in [0.4, 0.5) is 17.1 Å². The summed E-state index contributed by atoms with van der Waals surface area (Å²) in [6.45, 7) is 5.83. The van der Waals surface area contributed by atoms with Crippen molar-refractivity contribution in [2.45, 2.75) is 39.0 Å². The van der Waals surface area contributed by atoms with Gasteiger partial charge in [-0.25, -0.2) is 4.98 Å². The molecule has 4 aromatic rings. The van der Waals surface area contributed by atoms with Crippen LogP contribution in [0, 0.1) is 10.1 Å². The molecule has 1 aliphatic heterocycles. The average molecular weight is 485 g/mol. The lowest BCUT2D eigenvalue weighted by atomic mass is 10.0. The molecule has 0 spiro atoms. The number of oxazole rings is 1. The van der Waals surface area contributed by atoms with E-state index in [-0.39, 0.29) is 11.3 Å². The van der Waals surface area contributed by atoms with Gasteiger partial charge in [0.2, 0.25) is 5.89 Å². The van der Waals surface area contributed by atoms with Gasteiger partial charge in [-0.15, -0.1) is 0 Å².